The van der Waals surface area contributed by atoms with Crippen LogP contribution >= 0.6 is 11.6 Å². The van der Waals surface area contributed by atoms with Crippen molar-refractivity contribution in [2.75, 3.05) is 11.9 Å². The number of benzene rings is 2. The molecule has 150 valence electrons. The molecular formula is C23H18ClN3O3. The van der Waals surface area contributed by atoms with Crippen molar-refractivity contribution in [1.82, 2.24) is 9.88 Å². The van der Waals surface area contributed by atoms with E-state index < -0.39 is 11.5 Å². The summed E-state index contributed by atoms with van der Waals surface area (Å²) in [6, 6.07) is 15.2. The van der Waals surface area contributed by atoms with Crippen molar-refractivity contribution in [1.29, 1.82) is 0 Å². The van der Waals surface area contributed by atoms with Gasteiger partial charge in [0.2, 0.25) is 5.91 Å². The third kappa shape index (κ3) is 2.60. The fraction of sp³-hybridized carbons (Fsp3) is 0.174. The fourth-order valence-electron chi connectivity index (χ4n) is 4.72. The number of aromatic hydroxyl groups is 1. The zero-order valence-corrected chi connectivity index (χ0v) is 16.6. The summed E-state index contributed by atoms with van der Waals surface area (Å²) in [7, 11) is 0. The Kier molecular flexibility index (Phi) is 4.25. The first kappa shape index (κ1) is 18.6. The van der Waals surface area contributed by atoms with Crippen molar-refractivity contribution < 1.29 is 14.7 Å². The number of rotatable bonds is 2. The summed E-state index contributed by atoms with van der Waals surface area (Å²) in [6.45, 7) is 0.392. The number of hydrogen-bond acceptors (Lipinski definition) is 4. The van der Waals surface area contributed by atoms with E-state index in [9.17, 15) is 14.7 Å². The van der Waals surface area contributed by atoms with Crippen LogP contribution in [-0.4, -0.2) is 33.3 Å². The van der Waals surface area contributed by atoms with Gasteiger partial charge < -0.3 is 15.3 Å². The standard InChI is InChI=1S/C23H18ClN3O3/c24-17-8-7-14(12-19(17)28)21(29)27-11-9-23(20(27)15-4-3-10-25-13-15)16-5-1-2-6-18(16)26-22(23)30/h1-8,10,12-13,20,28H,9,11H2,(H,26,30). The van der Waals surface area contributed by atoms with Crippen molar-refractivity contribution in [3.63, 3.8) is 0 Å². The molecule has 2 atom stereocenters. The van der Waals surface area contributed by atoms with Crippen molar-refractivity contribution in [2.45, 2.75) is 17.9 Å². The highest BCUT2D eigenvalue weighted by atomic mass is 35.5. The number of pyridine rings is 1. The molecule has 2 unspecified atom stereocenters. The second-order valence-electron chi connectivity index (χ2n) is 7.57. The number of para-hydroxylation sites is 1. The smallest absolute Gasteiger partial charge is 0.254 e. The van der Waals surface area contributed by atoms with Crippen molar-refractivity contribution >= 4 is 29.1 Å². The summed E-state index contributed by atoms with van der Waals surface area (Å²) in [5, 5.41) is 13.1. The van der Waals surface area contributed by atoms with Crippen molar-refractivity contribution in [3.8, 4) is 5.75 Å². The van der Waals surface area contributed by atoms with E-state index in [1.165, 1.54) is 12.1 Å². The summed E-state index contributed by atoms with van der Waals surface area (Å²) in [6.07, 6.45) is 3.85. The molecule has 1 spiro atoms. The molecule has 1 aromatic heterocycles. The number of hydrogen-bond donors (Lipinski definition) is 2. The predicted molar refractivity (Wildman–Crippen MR) is 112 cm³/mol. The fourth-order valence-corrected chi connectivity index (χ4v) is 4.84. The number of carbonyl (C=O) groups excluding carboxylic acids is 2. The first-order valence-corrected chi connectivity index (χ1v) is 10.0. The molecule has 2 aliphatic rings. The molecule has 2 aromatic carbocycles. The van der Waals surface area contributed by atoms with Crippen LogP contribution in [0.2, 0.25) is 5.02 Å². The monoisotopic (exact) mass is 419 g/mol. The molecule has 1 fully saturated rings. The number of fused-ring (bicyclic) bond motifs is 2. The van der Waals surface area contributed by atoms with Crippen LogP contribution < -0.4 is 5.32 Å². The Balaban J connectivity index is 1.66. The summed E-state index contributed by atoms with van der Waals surface area (Å²) in [5.74, 6) is -0.546. The summed E-state index contributed by atoms with van der Waals surface area (Å²) in [5.41, 5.74) is 1.86. The summed E-state index contributed by atoms with van der Waals surface area (Å²) < 4.78 is 0. The second-order valence-corrected chi connectivity index (χ2v) is 7.98. The van der Waals surface area contributed by atoms with Crippen LogP contribution in [0.4, 0.5) is 5.69 Å². The van der Waals surface area contributed by atoms with E-state index in [-0.39, 0.29) is 22.6 Å². The van der Waals surface area contributed by atoms with Gasteiger partial charge in [-0.3, -0.25) is 14.6 Å². The van der Waals surface area contributed by atoms with Crippen LogP contribution in [0.1, 0.15) is 33.9 Å². The quantitative estimate of drug-likeness (QED) is 0.659. The Bertz CT molecular complexity index is 1170. The van der Waals surface area contributed by atoms with E-state index in [4.69, 9.17) is 11.6 Å². The van der Waals surface area contributed by atoms with Gasteiger partial charge in [0.25, 0.3) is 5.91 Å². The van der Waals surface area contributed by atoms with Crippen LogP contribution in [0.25, 0.3) is 0 Å². The van der Waals surface area contributed by atoms with Gasteiger partial charge in [-0.25, -0.2) is 0 Å². The molecule has 2 N–H and O–H groups in total. The van der Waals surface area contributed by atoms with Gasteiger partial charge in [-0.2, -0.15) is 0 Å². The van der Waals surface area contributed by atoms with Gasteiger partial charge in [0.05, 0.1) is 11.1 Å². The molecule has 6 nitrogen and oxygen atoms in total. The molecule has 0 bridgehead atoms. The lowest BCUT2D eigenvalue weighted by Crippen LogP contribution is -2.42. The Morgan fingerprint density at radius 2 is 2.03 bits per heavy atom. The molecule has 5 rings (SSSR count). The number of phenolic OH excluding ortho intramolecular Hbond substituents is 1. The van der Waals surface area contributed by atoms with E-state index in [1.54, 1.807) is 29.4 Å². The number of likely N-dealkylation sites (tertiary alicyclic amines) is 1. The first-order chi connectivity index (χ1) is 14.5. The first-order valence-electron chi connectivity index (χ1n) is 9.63. The van der Waals surface area contributed by atoms with E-state index in [1.807, 2.05) is 30.3 Å². The van der Waals surface area contributed by atoms with Gasteiger partial charge in [0, 0.05) is 30.2 Å². The normalized spacial score (nSPS) is 22.2. The highest BCUT2D eigenvalue weighted by Crippen LogP contribution is 2.54. The Labute approximate surface area is 178 Å². The molecule has 30 heavy (non-hydrogen) atoms. The highest BCUT2D eigenvalue weighted by Gasteiger charge is 2.59. The average molecular weight is 420 g/mol. The largest absolute Gasteiger partial charge is 0.506 e. The molecular weight excluding hydrogens is 402 g/mol. The van der Waals surface area contributed by atoms with E-state index in [0.29, 0.717) is 18.5 Å². The van der Waals surface area contributed by atoms with Crippen LogP contribution in [-0.2, 0) is 10.2 Å². The van der Waals surface area contributed by atoms with Crippen LogP contribution in [0.5, 0.6) is 5.75 Å². The van der Waals surface area contributed by atoms with Gasteiger partial charge >= 0.3 is 0 Å². The Morgan fingerprint density at radius 1 is 1.20 bits per heavy atom. The number of nitrogens with zero attached hydrogens (tertiary/aromatic N) is 2. The van der Waals surface area contributed by atoms with Crippen molar-refractivity contribution in [2.24, 2.45) is 0 Å². The molecule has 3 aromatic rings. The molecule has 0 saturated carbocycles. The maximum atomic E-state index is 13.5. The lowest BCUT2D eigenvalue weighted by molar-refractivity contribution is -0.121. The lowest BCUT2D eigenvalue weighted by Gasteiger charge is -2.34. The molecule has 2 aliphatic heterocycles. The van der Waals surface area contributed by atoms with E-state index in [0.717, 1.165) is 16.8 Å². The van der Waals surface area contributed by atoms with Gasteiger partial charge in [-0.05, 0) is 47.9 Å². The minimum absolute atomic E-state index is 0.119. The number of aromatic nitrogens is 1. The zero-order chi connectivity index (χ0) is 20.9. The molecule has 0 aliphatic carbocycles. The zero-order valence-electron chi connectivity index (χ0n) is 15.9. The second kappa shape index (κ2) is 6.85. The third-order valence-corrected chi connectivity index (χ3v) is 6.36. The maximum Gasteiger partial charge on any atom is 0.254 e. The number of amides is 2. The highest BCUT2D eigenvalue weighted by molar-refractivity contribution is 6.32. The van der Waals surface area contributed by atoms with E-state index in [2.05, 4.69) is 10.3 Å². The number of nitrogens with one attached hydrogen (secondary N) is 1. The molecule has 2 amide bonds. The van der Waals surface area contributed by atoms with Crippen LogP contribution in [0, 0.1) is 0 Å². The topological polar surface area (TPSA) is 82.5 Å². The molecule has 3 heterocycles. The third-order valence-electron chi connectivity index (χ3n) is 6.04. The summed E-state index contributed by atoms with van der Waals surface area (Å²) >= 11 is 5.91. The SMILES string of the molecule is O=C(c1ccc(Cl)c(O)c1)N1CCC2(C(=O)Nc3ccccc32)C1c1cccnc1. The number of halogens is 1. The van der Waals surface area contributed by atoms with Crippen molar-refractivity contribution in [3.05, 3.63) is 88.7 Å². The number of carbonyl (C=O) groups is 2. The van der Waals surface area contributed by atoms with E-state index >= 15 is 0 Å². The summed E-state index contributed by atoms with van der Waals surface area (Å²) in [4.78, 5) is 32.7. The van der Waals surface area contributed by atoms with Crippen LogP contribution in [0.3, 0.4) is 0 Å². The van der Waals surface area contributed by atoms with Gasteiger partial charge in [0.1, 0.15) is 11.2 Å². The molecule has 7 heteroatoms. The van der Waals surface area contributed by atoms with Gasteiger partial charge in [-0.1, -0.05) is 35.9 Å². The Morgan fingerprint density at radius 3 is 2.80 bits per heavy atom. The van der Waals surface area contributed by atoms with Gasteiger partial charge in [0.15, 0.2) is 0 Å². The Hall–Kier alpha value is -3.38. The number of anilines is 1. The molecule has 1 saturated heterocycles. The van der Waals surface area contributed by atoms with Crippen LogP contribution in [0.15, 0.2) is 67.0 Å². The predicted octanol–water partition coefficient (Wildman–Crippen LogP) is 3.92. The maximum absolute atomic E-state index is 13.5. The minimum Gasteiger partial charge on any atom is -0.506 e. The van der Waals surface area contributed by atoms with Gasteiger partial charge in [-0.15, -0.1) is 0 Å². The molecule has 0 radical (unpaired) electrons. The average Bonchev–Trinajstić information content (AvgIpc) is 3.30. The lowest BCUT2D eigenvalue weighted by atomic mass is 9.73. The minimum atomic E-state index is -0.899. The number of phenols is 1.